The van der Waals surface area contributed by atoms with Gasteiger partial charge in [0.25, 0.3) is 0 Å². The third kappa shape index (κ3) is 2.03. The molecule has 0 aromatic carbocycles. The summed E-state index contributed by atoms with van der Waals surface area (Å²) in [5.74, 6) is -0.804. The van der Waals surface area contributed by atoms with Crippen LogP contribution < -0.4 is 0 Å². The van der Waals surface area contributed by atoms with Crippen LogP contribution in [0.25, 0.3) is 5.65 Å². The number of imidazole rings is 1. The summed E-state index contributed by atoms with van der Waals surface area (Å²) in [5, 5.41) is 13.0. The van der Waals surface area contributed by atoms with Crippen molar-refractivity contribution in [2.45, 2.75) is 26.2 Å². The molecule has 1 N–H and O–H groups in total. The summed E-state index contributed by atoms with van der Waals surface area (Å²) in [6.07, 6.45) is 3.10. The lowest BCUT2D eigenvalue weighted by atomic mass is 10.2. The van der Waals surface area contributed by atoms with Gasteiger partial charge in [-0.15, -0.1) is 0 Å². The Hall–Kier alpha value is -1.91. The first kappa shape index (κ1) is 10.6. The molecule has 0 saturated carbocycles. The molecule has 2 aromatic heterocycles. The molecule has 0 atom stereocenters. The Balaban J connectivity index is 2.34. The highest BCUT2D eigenvalue weighted by Crippen LogP contribution is 2.08. The van der Waals surface area contributed by atoms with Crippen molar-refractivity contribution in [2.24, 2.45) is 0 Å². The summed E-state index contributed by atoms with van der Waals surface area (Å²) in [6.45, 7) is 2.03. The average molecular weight is 219 g/mol. The molecule has 0 unspecified atom stereocenters. The molecule has 0 aliphatic rings. The van der Waals surface area contributed by atoms with Crippen LogP contribution in [0.1, 0.15) is 24.7 Å². The Morgan fingerprint density at radius 1 is 1.50 bits per heavy atom. The first-order valence-corrected chi connectivity index (χ1v) is 5.25. The predicted molar refractivity (Wildman–Crippen MR) is 58.3 cm³/mol. The van der Waals surface area contributed by atoms with Crippen LogP contribution in [0, 0.1) is 0 Å². The largest absolute Gasteiger partial charge is 0.481 e. The summed E-state index contributed by atoms with van der Waals surface area (Å²) in [6, 6.07) is 3.83. The van der Waals surface area contributed by atoms with Crippen LogP contribution in [0.15, 0.2) is 18.3 Å². The zero-order valence-electron chi connectivity index (χ0n) is 9.05. The number of aryl methyl sites for hydroxylation is 2. The molecule has 0 spiro atoms. The van der Waals surface area contributed by atoms with Gasteiger partial charge < -0.3 is 5.11 Å². The first-order valence-electron chi connectivity index (χ1n) is 5.25. The van der Waals surface area contributed by atoms with Crippen LogP contribution in [-0.4, -0.2) is 25.7 Å². The van der Waals surface area contributed by atoms with Crippen molar-refractivity contribution >= 4 is 11.6 Å². The maximum Gasteiger partial charge on any atom is 0.303 e. The van der Waals surface area contributed by atoms with E-state index in [-0.39, 0.29) is 6.42 Å². The van der Waals surface area contributed by atoms with Crippen LogP contribution in [0.3, 0.4) is 0 Å². The second-order valence-corrected chi connectivity index (χ2v) is 3.59. The molecule has 5 heteroatoms. The minimum absolute atomic E-state index is 0.103. The van der Waals surface area contributed by atoms with E-state index in [0.29, 0.717) is 6.42 Å². The van der Waals surface area contributed by atoms with E-state index in [9.17, 15) is 4.79 Å². The number of rotatable bonds is 4. The lowest BCUT2D eigenvalue weighted by Gasteiger charge is -2.01. The number of carboxylic acid groups (broad SMARTS) is 1. The molecule has 0 saturated heterocycles. The summed E-state index contributed by atoms with van der Waals surface area (Å²) in [5.41, 5.74) is 2.58. The van der Waals surface area contributed by atoms with Crippen LogP contribution in [0.2, 0.25) is 0 Å². The monoisotopic (exact) mass is 219 g/mol. The molecule has 84 valence electrons. The van der Waals surface area contributed by atoms with Crippen molar-refractivity contribution in [3.8, 4) is 0 Å². The maximum atomic E-state index is 10.5. The number of hydrogen-bond donors (Lipinski definition) is 1. The number of fused-ring (bicyclic) bond motifs is 1. The lowest BCUT2D eigenvalue weighted by Crippen LogP contribution is -2.03. The number of carbonyl (C=O) groups is 1. The first-order chi connectivity index (χ1) is 7.70. The maximum absolute atomic E-state index is 10.5. The number of aromatic nitrogens is 3. The molecule has 16 heavy (non-hydrogen) atoms. The molecule has 0 fully saturated rings. The van der Waals surface area contributed by atoms with E-state index in [1.807, 2.05) is 19.1 Å². The van der Waals surface area contributed by atoms with E-state index in [0.717, 1.165) is 23.5 Å². The smallest absolute Gasteiger partial charge is 0.303 e. The second kappa shape index (κ2) is 4.30. The van der Waals surface area contributed by atoms with Gasteiger partial charge in [0, 0.05) is 6.42 Å². The van der Waals surface area contributed by atoms with Gasteiger partial charge in [0.15, 0.2) is 5.65 Å². The topological polar surface area (TPSA) is 67.5 Å². The minimum atomic E-state index is -0.804. The minimum Gasteiger partial charge on any atom is -0.481 e. The Morgan fingerprint density at radius 3 is 3.00 bits per heavy atom. The number of nitrogens with zero attached hydrogens (tertiary/aromatic N) is 3. The molecule has 2 aromatic rings. The van der Waals surface area contributed by atoms with E-state index in [1.54, 1.807) is 10.7 Å². The highest BCUT2D eigenvalue weighted by Gasteiger charge is 2.07. The molecule has 0 aliphatic heterocycles. The van der Waals surface area contributed by atoms with Gasteiger partial charge in [-0.25, -0.2) is 9.50 Å². The molecule has 0 amide bonds. The van der Waals surface area contributed by atoms with Gasteiger partial charge in [0.05, 0.1) is 24.0 Å². The number of hydrogen-bond acceptors (Lipinski definition) is 3. The van der Waals surface area contributed by atoms with Crippen molar-refractivity contribution in [2.75, 3.05) is 0 Å². The Morgan fingerprint density at radius 2 is 2.31 bits per heavy atom. The molecule has 0 radical (unpaired) electrons. The van der Waals surface area contributed by atoms with Crippen LogP contribution in [-0.2, 0) is 17.6 Å². The van der Waals surface area contributed by atoms with Gasteiger partial charge in [-0.1, -0.05) is 6.92 Å². The molecule has 5 nitrogen and oxygen atoms in total. The van der Waals surface area contributed by atoms with Gasteiger partial charge >= 0.3 is 5.97 Å². The highest BCUT2D eigenvalue weighted by molar-refractivity contribution is 5.67. The SMILES string of the molecule is CCc1ccc2ncc(CCC(=O)O)n2n1. The van der Waals surface area contributed by atoms with Crippen LogP contribution in [0.4, 0.5) is 0 Å². The van der Waals surface area contributed by atoms with Crippen molar-refractivity contribution in [3.63, 3.8) is 0 Å². The highest BCUT2D eigenvalue weighted by atomic mass is 16.4. The van der Waals surface area contributed by atoms with E-state index in [1.165, 1.54) is 0 Å². The third-order valence-electron chi connectivity index (χ3n) is 2.45. The standard InChI is InChI=1S/C11H13N3O2/c1-2-8-3-5-10-12-7-9(14(10)13-8)4-6-11(15)16/h3,5,7H,2,4,6H2,1H3,(H,15,16). The van der Waals surface area contributed by atoms with Crippen molar-refractivity contribution in [1.82, 2.24) is 14.6 Å². The third-order valence-corrected chi connectivity index (χ3v) is 2.45. The number of aliphatic carboxylic acids is 1. The fourth-order valence-electron chi connectivity index (χ4n) is 1.55. The average Bonchev–Trinajstić information content (AvgIpc) is 2.68. The van der Waals surface area contributed by atoms with E-state index in [4.69, 9.17) is 5.11 Å². The molecule has 0 bridgehead atoms. The Bertz CT molecular complexity index is 519. The predicted octanol–water partition coefficient (Wildman–Crippen LogP) is 1.31. The van der Waals surface area contributed by atoms with E-state index in [2.05, 4.69) is 10.1 Å². The Labute approximate surface area is 92.7 Å². The summed E-state index contributed by atoms with van der Waals surface area (Å²) < 4.78 is 1.72. The van der Waals surface area contributed by atoms with Gasteiger partial charge in [-0.05, 0) is 18.6 Å². The van der Waals surface area contributed by atoms with Gasteiger partial charge in [0.1, 0.15) is 0 Å². The van der Waals surface area contributed by atoms with Crippen molar-refractivity contribution < 1.29 is 9.90 Å². The lowest BCUT2D eigenvalue weighted by molar-refractivity contribution is -0.136. The van der Waals surface area contributed by atoms with Crippen LogP contribution >= 0.6 is 0 Å². The fourth-order valence-corrected chi connectivity index (χ4v) is 1.55. The van der Waals surface area contributed by atoms with Gasteiger partial charge in [0.2, 0.25) is 0 Å². The zero-order chi connectivity index (χ0) is 11.5. The summed E-state index contributed by atoms with van der Waals surface area (Å²) >= 11 is 0. The van der Waals surface area contributed by atoms with Crippen molar-refractivity contribution in [1.29, 1.82) is 0 Å². The van der Waals surface area contributed by atoms with Gasteiger partial charge in [-0.3, -0.25) is 4.79 Å². The summed E-state index contributed by atoms with van der Waals surface area (Å²) in [4.78, 5) is 14.7. The quantitative estimate of drug-likeness (QED) is 0.841. The molecule has 0 aliphatic carbocycles. The van der Waals surface area contributed by atoms with Crippen LogP contribution in [0.5, 0.6) is 0 Å². The molecular formula is C11H13N3O2. The molecule has 2 heterocycles. The number of carboxylic acids is 1. The fraction of sp³-hybridized carbons (Fsp3) is 0.364. The zero-order valence-corrected chi connectivity index (χ0v) is 9.05. The van der Waals surface area contributed by atoms with Gasteiger partial charge in [-0.2, -0.15) is 5.10 Å². The van der Waals surface area contributed by atoms with Crippen molar-refractivity contribution in [3.05, 3.63) is 29.7 Å². The van der Waals surface area contributed by atoms with E-state index < -0.39 is 5.97 Å². The normalized spacial score (nSPS) is 10.8. The Kier molecular flexibility index (Phi) is 2.85. The summed E-state index contributed by atoms with van der Waals surface area (Å²) in [7, 11) is 0. The molecule has 2 rings (SSSR count). The molecular weight excluding hydrogens is 206 g/mol. The van der Waals surface area contributed by atoms with E-state index >= 15 is 0 Å². The second-order valence-electron chi connectivity index (χ2n) is 3.59.